The molecule has 64 valence electrons. The van der Waals surface area contributed by atoms with Crippen LogP contribution in [0.5, 0.6) is 0 Å². The summed E-state index contributed by atoms with van der Waals surface area (Å²) in [5, 5.41) is 0. The third kappa shape index (κ3) is 7.46. The van der Waals surface area contributed by atoms with Gasteiger partial charge in [-0.2, -0.15) is 0 Å². The van der Waals surface area contributed by atoms with Gasteiger partial charge in [-0.15, -0.1) is 0 Å². The first-order chi connectivity index (χ1) is 4.12. The zero-order valence-corrected chi connectivity index (χ0v) is 10.7. The third-order valence-corrected chi connectivity index (χ3v) is 4.53. The topological polar surface area (TPSA) is 53.5 Å². The fourth-order valence-electron chi connectivity index (χ4n) is 0.364. The molecule has 0 saturated carbocycles. The molecule has 0 fully saturated rings. The zero-order valence-electron chi connectivity index (χ0n) is 6.24. The predicted molar refractivity (Wildman–Crippen MR) is 48.1 cm³/mol. The van der Waals surface area contributed by atoms with Crippen molar-refractivity contribution in [3.05, 3.63) is 0 Å². The number of rotatable bonds is 4. The number of hydrogen-bond acceptors (Lipinski definition) is 3. The van der Waals surface area contributed by atoms with E-state index in [0.29, 0.717) is 13.2 Å². The van der Waals surface area contributed by atoms with Gasteiger partial charge in [0.2, 0.25) is 0 Å². The van der Waals surface area contributed by atoms with Gasteiger partial charge in [-0.1, -0.05) is 0 Å². The zero-order chi connectivity index (χ0) is 7.33. The van der Waals surface area contributed by atoms with E-state index in [4.69, 9.17) is 9.05 Å². The van der Waals surface area contributed by atoms with Crippen LogP contribution in [0.25, 0.3) is 0 Å². The first kappa shape index (κ1) is 13.9. The van der Waals surface area contributed by atoms with E-state index in [2.05, 4.69) is 30.7 Å². The molecule has 0 aromatic rings. The molecule has 0 aliphatic rings. The van der Waals surface area contributed by atoms with Gasteiger partial charge >= 0.3 is 71.4 Å². The largest absolute Gasteiger partial charge is 0.344 e. The first-order valence-electron chi connectivity index (χ1n) is 2.74. The fraction of sp³-hybridized carbons (Fsp3) is 1.00. The van der Waals surface area contributed by atoms with Crippen LogP contribution in [-0.4, -0.2) is 43.9 Å². The molecule has 0 unspecified atom stereocenters. The first-order valence-corrected chi connectivity index (χ1v) is 9.05. The van der Waals surface area contributed by atoms with E-state index >= 15 is 0 Å². The fourth-order valence-corrected chi connectivity index (χ4v) is 3.87. The van der Waals surface area contributed by atoms with Crippen LogP contribution in [0.1, 0.15) is 13.8 Å². The van der Waals surface area contributed by atoms with Crippen LogP contribution in [0.15, 0.2) is 0 Å². The second kappa shape index (κ2) is 7.02. The summed E-state index contributed by atoms with van der Waals surface area (Å²) in [5.74, 6) is 0. The van der Waals surface area contributed by atoms with E-state index in [1.165, 1.54) is 0 Å². The molecule has 0 amide bonds. The van der Waals surface area contributed by atoms with Gasteiger partial charge in [-0.25, -0.2) is 0 Å². The van der Waals surface area contributed by atoms with Crippen LogP contribution in [0.2, 0.25) is 0 Å². The van der Waals surface area contributed by atoms with Crippen molar-refractivity contribution >= 4 is 35.3 Å². The van der Waals surface area contributed by atoms with Crippen molar-refractivity contribution in [3.8, 4) is 0 Å². The van der Waals surface area contributed by atoms with E-state index in [1.807, 2.05) is 13.8 Å². The third-order valence-electron chi connectivity index (χ3n) is 0.584. The molecule has 0 aromatic heterocycles. The van der Waals surface area contributed by atoms with Gasteiger partial charge in [0.1, 0.15) is 0 Å². The van der Waals surface area contributed by atoms with Crippen LogP contribution in [-0.2, 0) is 9.05 Å². The van der Waals surface area contributed by atoms with E-state index in [9.17, 15) is 0 Å². The molecule has 3 N–H and O–H groups in total. The SMILES string of the molecule is CCOP(=[Se])([SeH])OCC.N. The maximum atomic E-state index is 5.28. The van der Waals surface area contributed by atoms with E-state index < -0.39 is 4.65 Å². The Morgan fingerprint density at radius 1 is 1.30 bits per heavy atom. The normalized spacial score (nSPS) is 10.7. The Bertz CT molecular complexity index is 112. The summed E-state index contributed by atoms with van der Waals surface area (Å²) in [7, 11) is 0. The summed E-state index contributed by atoms with van der Waals surface area (Å²) in [4.78, 5) is 0. The molecule has 0 aromatic carbocycles. The van der Waals surface area contributed by atoms with Crippen molar-refractivity contribution in [3.63, 3.8) is 0 Å². The standard InChI is InChI=1S/C4H11O2PSe2.H3N/c1-3-5-7(8,9)6-4-2;/h3-4H2,1-2H3,(H,8,9);1H3. The van der Waals surface area contributed by atoms with E-state index in [0.717, 1.165) is 0 Å². The second-order valence-corrected chi connectivity index (χ2v) is 13.1. The smallest absolute Gasteiger partial charge is 0.344 e. The Hall–Kier alpha value is 1.35. The molecular formula is C4H14NO2PSe2. The molecule has 0 bridgehead atoms. The average Bonchev–Trinajstić information content (AvgIpc) is 1.64. The van der Waals surface area contributed by atoms with Gasteiger partial charge in [0.05, 0.1) is 0 Å². The maximum Gasteiger partial charge on any atom is -0.344 e. The molecule has 0 saturated heterocycles. The van der Waals surface area contributed by atoms with Crippen molar-refractivity contribution in [2.45, 2.75) is 13.8 Å². The molecule has 0 heterocycles. The Kier molecular flexibility index (Phi) is 9.77. The monoisotopic (exact) mass is 299 g/mol. The van der Waals surface area contributed by atoms with Gasteiger partial charge in [0.15, 0.2) is 0 Å². The minimum atomic E-state index is -1.63. The summed E-state index contributed by atoms with van der Waals surface area (Å²) in [6.45, 7) is 5.32. The van der Waals surface area contributed by atoms with Crippen LogP contribution >= 0.6 is 4.65 Å². The van der Waals surface area contributed by atoms with Crippen LogP contribution in [0.3, 0.4) is 0 Å². The maximum absolute atomic E-state index is 5.28. The summed E-state index contributed by atoms with van der Waals surface area (Å²) >= 11 is 5.31. The molecule has 0 radical (unpaired) electrons. The summed E-state index contributed by atoms with van der Waals surface area (Å²) in [6, 6.07) is 0. The molecule has 0 rings (SSSR count). The van der Waals surface area contributed by atoms with Crippen molar-refractivity contribution in [1.82, 2.24) is 6.15 Å². The van der Waals surface area contributed by atoms with Crippen LogP contribution in [0.4, 0.5) is 0 Å². The minimum Gasteiger partial charge on any atom is -0.344 e. The van der Waals surface area contributed by atoms with Crippen LogP contribution < -0.4 is 6.15 Å². The summed E-state index contributed by atoms with van der Waals surface area (Å²) in [6.07, 6.45) is 0. The van der Waals surface area contributed by atoms with Gasteiger partial charge in [-0.05, 0) is 0 Å². The molecule has 6 heteroatoms. The molecule has 0 aliphatic carbocycles. The Morgan fingerprint density at radius 3 is 1.80 bits per heavy atom. The molecule has 0 atom stereocenters. The number of hydrogen-bond donors (Lipinski definition) is 1. The predicted octanol–water partition coefficient (Wildman–Crippen LogP) is 0.968. The molecule has 3 nitrogen and oxygen atoms in total. The Balaban J connectivity index is 0. The van der Waals surface area contributed by atoms with E-state index in [-0.39, 0.29) is 6.15 Å². The van der Waals surface area contributed by atoms with Crippen LogP contribution in [0, 0.1) is 0 Å². The Morgan fingerprint density at radius 2 is 1.60 bits per heavy atom. The molecular weight excluding hydrogens is 283 g/mol. The van der Waals surface area contributed by atoms with Crippen molar-refractivity contribution in [2.75, 3.05) is 13.2 Å². The summed E-state index contributed by atoms with van der Waals surface area (Å²) in [5.41, 5.74) is 0. The average molecular weight is 297 g/mol. The Labute approximate surface area is 77.6 Å². The van der Waals surface area contributed by atoms with Gasteiger partial charge in [0, 0.05) is 0 Å². The van der Waals surface area contributed by atoms with Crippen molar-refractivity contribution < 1.29 is 9.05 Å². The molecule has 0 aliphatic heterocycles. The van der Waals surface area contributed by atoms with Crippen molar-refractivity contribution in [1.29, 1.82) is 0 Å². The molecule has 10 heavy (non-hydrogen) atoms. The quantitative estimate of drug-likeness (QED) is 0.621. The van der Waals surface area contributed by atoms with Gasteiger partial charge < -0.3 is 6.15 Å². The summed E-state index contributed by atoms with van der Waals surface area (Å²) < 4.78 is 8.92. The van der Waals surface area contributed by atoms with E-state index in [1.54, 1.807) is 0 Å². The van der Waals surface area contributed by atoms with Crippen molar-refractivity contribution in [2.24, 2.45) is 0 Å². The van der Waals surface area contributed by atoms with Gasteiger partial charge in [-0.3, -0.25) is 0 Å². The minimum absolute atomic E-state index is 0. The molecule has 0 spiro atoms. The second-order valence-electron chi connectivity index (χ2n) is 1.30. The van der Waals surface area contributed by atoms with Gasteiger partial charge in [0.25, 0.3) is 0 Å².